The zero-order valence-corrected chi connectivity index (χ0v) is 18.6. The zero-order valence-electron chi connectivity index (χ0n) is 18.6. The number of hydrogen-bond acceptors (Lipinski definition) is 5. The minimum Gasteiger partial charge on any atom is -0.451 e. The summed E-state index contributed by atoms with van der Waals surface area (Å²) in [5, 5.41) is 0.973. The Morgan fingerprint density at radius 1 is 1.13 bits per heavy atom. The maximum absolute atomic E-state index is 13.3. The molecule has 164 valence electrons. The third-order valence-electron chi connectivity index (χ3n) is 6.50. The normalized spacial score (nSPS) is 21.6. The number of amides is 1. The maximum Gasteiger partial charge on any atom is 0.290 e. The van der Waals surface area contributed by atoms with Crippen LogP contribution >= 0.6 is 0 Å². The Bertz CT molecular complexity index is 854. The molecule has 2 aromatic rings. The van der Waals surface area contributed by atoms with Crippen LogP contribution in [0.25, 0.3) is 11.0 Å². The van der Waals surface area contributed by atoms with Gasteiger partial charge in [0.2, 0.25) is 0 Å². The van der Waals surface area contributed by atoms with Crippen molar-refractivity contribution in [2.24, 2.45) is 0 Å². The first kappa shape index (κ1) is 21.3. The van der Waals surface area contributed by atoms with Crippen molar-refractivity contribution >= 4 is 16.9 Å². The molecular weight excluding hydrogens is 378 g/mol. The van der Waals surface area contributed by atoms with E-state index in [1.807, 2.05) is 43.0 Å². The number of piperazine rings is 1. The molecule has 4 rings (SSSR count). The SMILES string of the molecule is CC(C)OCc1c(C(=O)N2CCN(CC3CCCCN3C)CC2)oc2ccccc12. The van der Waals surface area contributed by atoms with Gasteiger partial charge in [-0.3, -0.25) is 9.69 Å². The molecule has 2 aliphatic heterocycles. The summed E-state index contributed by atoms with van der Waals surface area (Å²) in [6.45, 7) is 10.1. The molecule has 1 amide bonds. The molecule has 6 heteroatoms. The van der Waals surface area contributed by atoms with Gasteiger partial charge in [-0.25, -0.2) is 0 Å². The van der Waals surface area contributed by atoms with Gasteiger partial charge in [0.05, 0.1) is 12.7 Å². The van der Waals surface area contributed by atoms with Crippen LogP contribution in [0, 0.1) is 0 Å². The summed E-state index contributed by atoms with van der Waals surface area (Å²) in [6.07, 6.45) is 4.03. The van der Waals surface area contributed by atoms with Crippen molar-refractivity contribution in [1.82, 2.24) is 14.7 Å². The third kappa shape index (κ3) is 4.71. The summed E-state index contributed by atoms with van der Waals surface area (Å²) < 4.78 is 11.9. The van der Waals surface area contributed by atoms with E-state index in [1.54, 1.807) is 0 Å². The standard InChI is InChI=1S/C24H35N3O3/c1-18(2)29-17-21-20-9-4-5-10-22(20)30-23(21)24(28)27-14-12-26(13-15-27)16-19-8-6-7-11-25(19)3/h4-5,9-10,18-19H,6-8,11-17H2,1-3H3. The second kappa shape index (κ2) is 9.50. The Labute approximate surface area is 179 Å². The molecular formula is C24H35N3O3. The van der Waals surface area contributed by atoms with Gasteiger partial charge in [0.1, 0.15) is 5.58 Å². The van der Waals surface area contributed by atoms with E-state index in [-0.39, 0.29) is 12.0 Å². The highest BCUT2D eigenvalue weighted by atomic mass is 16.5. The van der Waals surface area contributed by atoms with Gasteiger partial charge in [-0.05, 0) is 46.3 Å². The molecule has 2 aliphatic rings. The van der Waals surface area contributed by atoms with E-state index in [4.69, 9.17) is 9.15 Å². The fourth-order valence-electron chi connectivity index (χ4n) is 4.61. The lowest BCUT2D eigenvalue weighted by Crippen LogP contribution is -2.53. The summed E-state index contributed by atoms with van der Waals surface area (Å²) in [7, 11) is 2.24. The van der Waals surface area contributed by atoms with Crippen LogP contribution in [0.3, 0.4) is 0 Å². The molecule has 0 spiro atoms. The van der Waals surface area contributed by atoms with E-state index in [0.29, 0.717) is 18.4 Å². The van der Waals surface area contributed by atoms with Crippen LogP contribution < -0.4 is 0 Å². The highest BCUT2D eigenvalue weighted by Crippen LogP contribution is 2.28. The maximum atomic E-state index is 13.3. The van der Waals surface area contributed by atoms with Crippen molar-refractivity contribution in [3.05, 3.63) is 35.6 Å². The number of carbonyl (C=O) groups excluding carboxylic acids is 1. The fraction of sp³-hybridized carbons (Fsp3) is 0.625. The summed E-state index contributed by atoms with van der Waals surface area (Å²) >= 11 is 0. The van der Waals surface area contributed by atoms with Gasteiger partial charge in [-0.2, -0.15) is 0 Å². The molecule has 0 radical (unpaired) electrons. The van der Waals surface area contributed by atoms with E-state index in [1.165, 1.54) is 25.8 Å². The number of ether oxygens (including phenoxy) is 1. The Morgan fingerprint density at radius 3 is 2.63 bits per heavy atom. The Hall–Kier alpha value is -1.89. The monoisotopic (exact) mass is 413 g/mol. The lowest BCUT2D eigenvalue weighted by atomic mass is 10.0. The number of fused-ring (bicyclic) bond motifs is 1. The van der Waals surface area contributed by atoms with Gasteiger partial charge in [-0.15, -0.1) is 0 Å². The van der Waals surface area contributed by atoms with E-state index in [0.717, 1.165) is 49.3 Å². The van der Waals surface area contributed by atoms with Crippen LogP contribution in [-0.4, -0.2) is 79.1 Å². The van der Waals surface area contributed by atoms with Gasteiger partial charge >= 0.3 is 0 Å². The predicted molar refractivity (Wildman–Crippen MR) is 119 cm³/mol. The number of para-hydroxylation sites is 1. The number of likely N-dealkylation sites (N-methyl/N-ethyl adjacent to an activating group) is 1. The first-order valence-corrected chi connectivity index (χ1v) is 11.4. The molecule has 0 N–H and O–H groups in total. The van der Waals surface area contributed by atoms with E-state index in [2.05, 4.69) is 16.8 Å². The molecule has 0 bridgehead atoms. The summed E-state index contributed by atoms with van der Waals surface area (Å²) in [4.78, 5) is 20.3. The minimum absolute atomic E-state index is 0.0111. The first-order chi connectivity index (χ1) is 14.5. The van der Waals surface area contributed by atoms with Gasteiger partial charge < -0.3 is 19.0 Å². The van der Waals surface area contributed by atoms with Crippen molar-refractivity contribution in [2.75, 3.05) is 46.3 Å². The lowest BCUT2D eigenvalue weighted by molar-refractivity contribution is 0.0509. The quantitative estimate of drug-likeness (QED) is 0.724. The number of benzene rings is 1. The van der Waals surface area contributed by atoms with Crippen LogP contribution in [-0.2, 0) is 11.3 Å². The minimum atomic E-state index is -0.0111. The number of carbonyl (C=O) groups is 1. The summed E-state index contributed by atoms with van der Waals surface area (Å²) in [5.41, 5.74) is 1.62. The van der Waals surface area contributed by atoms with Crippen LogP contribution in [0.15, 0.2) is 28.7 Å². The van der Waals surface area contributed by atoms with Crippen molar-refractivity contribution in [1.29, 1.82) is 0 Å². The average molecular weight is 414 g/mol. The van der Waals surface area contributed by atoms with Crippen LogP contribution in [0.4, 0.5) is 0 Å². The second-order valence-electron chi connectivity index (χ2n) is 8.99. The molecule has 2 fully saturated rings. The Balaban J connectivity index is 1.42. The van der Waals surface area contributed by atoms with Crippen molar-refractivity contribution in [3.8, 4) is 0 Å². The van der Waals surface area contributed by atoms with Crippen molar-refractivity contribution in [3.63, 3.8) is 0 Å². The predicted octanol–water partition coefficient (Wildman–Crippen LogP) is 3.60. The number of furan rings is 1. The molecule has 0 saturated carbocycles. The molecule has 1 unspecified atom stereocenters. The van der Waals surface area contributed by atoms with Gasteiger partial charge in [0, 0.05) is 49.7 Å². The van der Waals surface area contributed by atoms with E-state index in [9.17, 15) is 4.79 Å². The molecule has 3 heterocycles. The number of rotatable bonds is 6. The number of piperidine rings is 1. The molecule has 1 aromatic heterocycles. The number of likely N-dealkylation sites (tertiary alicyclic amines) is 1. The highest BCUT2D eigenvalue weighted by Gasteiger charge is 2.29. The summed E-state index contributed by atoms with van der Waals surface area (Å²) in [6, 6.07) is 8.49. The lowest BCUT2D eigenvalue weighted by Gasteiger charge is -2.40. The topological polar surface area (TPSA) is 49.2 Å². The smallest absolute Gasteiger partial charge is 0.290 e. The largest absolute Gasteiger partial charge is 0.451 e. The van der Waals surface area contributed by atoms with Crippen LogP contribution in [0.2, 0.25) is 0 Å². The van der Waals surface area contributed by atoms with Gasteiger partial charge in [0.15, 0.2) is 5.76 Å². The third-order valence-corrected chi connectivity index (χ3v) is 6.50. The first-order valence-electron chi connectivity index (χ1n) is 11.4. The van der Waals surface area contributed by atoms with E-state index < -0.39 is 0 Å². The zero-order chi connectivity index (χ0) is 21.1. The van der Waals surface area contributed by atoms with Gasteiger partial charge in [-0.1, -0.05) is 24.6 Å². The number of hydrogen-bond donors (Lipinski definition) is 0. The molecule has 6 nitrogen and oxygen atoms in total. The van der Waals surface area contributed by atoms with E-state index >= 15 is 0 Å². The number of nitrogens with zero attached hydrogens (tertiary/aromatic N) is 3. The Morgan fingerprint density at radius 2 is 1.90 bits per heavy atom. The van der Waals surface area contributed by atoms with Crippen LogP contribution in [0.1, 0.15) is 49.2 Å². The molecule has 0 aliphatic carbocycles. The Kier molecular flexibility index (Phi) is 6.76. The molecule has 1 atom stereocenters. The summed E-state index contributed by atoms with van der Waals surface area (Å²) in [5.74, 6) is 0.431. The van der Waals surface area contributed by atoms with Crippen LogP contribution in [0.5, 0.6) is 0 Å². The molecule has 2 saturated heterocycles. The van der Waals surface area contributed by atoms with Crippen molar-refractivity contribution < 1.29 is 13.9 Å². The highest BCUT2D eigenvalue weighted by molar-refractivity contribution is 5.99. The average Bonchev–Trinajstić information content (AvgIpc) is 3.12. The van der Waals surface area contributed by atoms with Crippen molar-refractivity contribution in [2.45, 2.75) is 51.9 Å². The molecule has 1 aromatic carbocycles. The molecule has 30 heavy (non-hydrogen) atoms. The van der Waals surface area contributed by atoms with Gasteiger partial charge in [0.25, 0.3) is 5.91 Å². The second-order valence-corrected chi connectivity index (χ2v) is 8.99. The fourth-order valence-corrected chi connectivity index (χ4v) is 4.61.